The summed E-state index contributed by atoms with van der Waals surface area (Å²) in [6.45, 7) is 7.04. The molecule has 0 amide bonds. The normalized spacial score (nSPS) is 53.0. The van der Waals surface area contributed by atoms with Crippen molar-refractivity contribution < 1.29 is 9.63 Å². The topological polar surface area (TPSA) is 46.3 Å². The van der Waals surface area contributed by atoms with Crippen LogP contribution >= 0.6 is 0 Å². The van der Waals surface area contributed by atoms with Crippen molar-refractivity contribution in [2.45, 2.75) is 77.7 Å². The maximum absolute atomic E-state index is 11.0. The van der Waals surface area contributed by atoms with Gasteiger partial charge in [-0.25, -0.2) is 0 Å². The average molecular weight is 329 g/mol. The van der Waals surface area contributed by atoms with Crippen molar-refractivity contribution in [3.05, 3.63) is 17.5 Å². The first kappa shape index (κ1) is 15.4. The molecule has 0 spiro atoms. The van der Waals surface area contributed by atoms with Gasteiger partial charge in [0.25, 0.3) is 0 Å². The summed E-state index contributed by atoms with van der Waals surface area (Å²) in [6.07, 6.45) is 11.6. The van der Waals surface area contributed by atoms with Crippen molar-refractivity contribution in [2.24, 2.45) is 34.5 Å². The lowest BCUT2D eigenvalue weighted by Crippen LogP contribution is -2.56. The van der Waals surface area contributed by atoms with E-state index in [9.17, 15) is 5.11 Å². The summed E-state index contributed by atoms with van der Waals surface area (Å²) in [6, 6.07) is 0. The minimum atomic E-state index is -0.464. The standard InChI is InChI=1S/C21H31NO2/c1-19-11-13-12-24-22-18(13)10-14(19)4-5-15-16(19)6-8-20(2)17(15)7-9-21(20,3)23/h12,14-17,23H,4-11H2,1-3H3/t14?,15?,16?,17?,19-,20-,21-/m0/s1. The van der Waals surface area contributed by atoms with Gasteiger partial charge in [-0.3, -0.25) is 0 Å². The molecule has 4 unspecified atom stereocenters. The van der Waals surface area contributed by atoms with Crippen molar-refractivity contribution in [1.82, 2.24) is 5.16 Å². The van der Waals surface area contributed by atoms with Gasteiger partial charge in [0.1, 0.15) is 6.26 Å². The predicted molar refractivity (Wildman–Crippen MR) is 92.4 cm³/mol. The molecule has 3 saturated carbocycles. The molecule has 0 radical (unpaired) electrons. The van der Waals surface area contributed by atoms with Crippen LogP contribution in [-0.2, 0) is 12.8 Å². The molecule has 4 aliphatic rings. The molecule has 1 N–H and O–H groups in total. The number of fused-ring (bicyclic) bond motifs is 6. The molecule has 7 atom stereocenters. The SMILES string of the molecule is C[C@]12Cc3conc3CC1CCC1C2CC[C@@]2(C)C1CC[C@]2(C)O. The van der Waals surface area contributed by atoms with Gasteiger partial charge in [0.05, 0.1) is 11.3 Å². The second-order valence-corrected chi connectivity index (χ2v) is 10.1. The minimum Gasteiger partial charge on any atom is -0.390 e. The molecular formula is C21H31NO2. The third-order valence-electron chi connectivity index (χ3n) is 9.37. The predicted octanol–water partition coefficient (Wildman–Crippen LogP) is 4.38. The first-order valence-corrected chi connectivity index (χ1v) is 10.00. The number of hydrogen-bond donors (Lipinski definition) is 1. The lowest BCUT2D eigenvalue weighted by atomic mass is 9.44. The molecule has 3 nitrogen and oxygen atoms in total. The molecule has 0 aliphatic heterocycles. The maximum Gasteiger partial charge on any atom is 0.127 e. The Hall–Kier alpha value is -0.830. The zero-order valence-electron chi connectivity index (χ0n) is 15.3. The van der Waals surface area contributed by atoms with Crippen LogP contribution in [0, 0.1) is 34.5 Å². The molecule has 1 aromatic rings. The Labute approximate surface area is 145 Å². The number of aromatic nitrogens is 1. The molecule has 4 aliphatic carbocycles. The van der Waals surface area contributed by atoms with Crippen LogP contribution in [0.4, 0.5) is 0 Å². The highest BCUT2D eigenvalue weighted by atomic mass is 16.5. The third kappa shape index (κ3) is 1.75. The largest absolute Gasteiger partial charge is 0.390 e. The second kappa shape index (κ2) is 4.66. The highest BCUT2D eigenvalue weighted by Gasteiger charge is 2.63. The summed E-state index contributed by atoms with van der Waals surface area (Å²) in [5, 5.41) is 15.3. The molecule has 0 bridgehead atoms. The van der Waals surface area contributed by atoms with Crippen molar-refractivity contribution in [1.29, 1.82) is 0 Å². The Morgan fingerprint density at radius 2 is 1.88 bits per heavy atom. The molecule has 132 valence electrons. The van der Waals surface area contributed by atoms with E-state index in [-0.39, 0.29) is 5.41 Å². The smallest absolute Gasteiger partial charge is 0.127 e. The molecule has 5 rings (SSSR count). The van der Waals surface area contributed by atoms with Gasteiger partial charge in [-0.1, -0.05) is 19.0 Å². The number of hydrogen-bond acceptors (Lipinski definition) is 3. The van der Waals surface area contributed by atoms with E-state index in [1.54, 1.807) is 0 Å². The molecule has 3 fully saturated rings. The number of aliphatic hydroxyl groups is 1. The van der Waals surface area contributed by atoms with Crippen LogP contribution in [0.5, 0.6) is 0 Å². The van der Waals surface area contributed by atoms with Gasteiger partial charge in [-0.05, 0) is 92.8 Å². The molecule has 24 heavy (non-hydrogen) atoms. The first-order valence-electron chi connectivity index (χ1n) is 10.00. The summed E-state index contributed by atoms with van der Waals surface area (Å²) in [5.74, 6) is 3.10. The van der Waals surface area contributed by atoms with Gasteiger partial charge in [0.2, 0.25) is 0 Å². The van der Waals surface area contributed by atoms with Gasteiger partial charge in [-0.2, -0.15) is 0 Å². The lowest BCUT2D eigenvalue weighted by Gasteiger charge is -2.60. The van der Waals surface area contributed by atoms with Crippen LogP contribution in [-0.4, -0.2) is 15.9 Å². The zero-order chi connectivity index (χ0) is 16.7. The molecular weight excluding hydrogens is 298 g/mol. The van der Waals surface area contributed by atoms with E-state index in [1.165, 1.54) is 43.4 Å². The van der Waals surface area contributed by atoms with Crippen LogP contribution in [0.3, 0.4) is 0 Å². The molecule has 3 heteroatoms. The van der Waals surface area contributed by atoms with Crippen molar-refractivity contribution >= 4 is 0 Å². The Balaban J connectivity index is 1.50. The third-order valence-corrected chi connectivity index (χ3v) is 9.37. The van der Waals surface area contributed by atoms with E-state index < -0.39 is 5.60 Å². The van der Waals surface area contributed by atoms with E-state index in [0.29, 0.717) is 11.3 Å². The fourth-order valence-electron chi connectivity index (χ4n) is 7.63. The van der Waals surface area contributed by atoms with Crippen molar-refractivity contribution in [2.75, 3.05) is 0 Å². The van der Waals surface area contributed by atoms with E-state index in [2.05, 4.69) is 25.9 Å². The van der Waals surface area contributed by atoms with Crippen LogP contribution in [0.1, 0.15) is 70.6 Å². The van der Waals surface area contributed by atoms with Gasteiger partial charge < -0.3 is 9.63 Å². The van der Waals surface area contributed by atoms with Gasteiger partial charge in [0.15, 0.2) is 0 Å². The first-order chi connectivity index (χ1) is 11.4. The fraction of sp³-hybridized carbons (Fsp3) is 0.857. The Bertz CT molecular complexity index is 665. The monoisotopic (exact) mass is 329 g/mol. The zero-order valence-corrected chi connectivity index (χ0v) is 15.3. The molecule has 1 heterocycles. The summed E-state index contributed by atoms with van der Waals surface area (Å²) in [4.78, 5) is 0. The highest BCUT2D eigenvalue weighted by Crippen LogP contribution is 2.67. The quantitative estimate of drug-likeness (QED) is 0.768. The number of rotatable bonds is 0. The van der Waals surface area contributed by atoms with Crippen LogP contribution in [0.25, 0.3) is 0 Å². The maximum atomic E-state index is 11.0. The molecule has 0 saturated heterocycles. The van der Waals surface area contributed by atoms with E-state index >= 15 is 0 Å². The summed E-state index contributed by atoms with van der Waals surface area (Å²) in [5.41, 5.74) is 2.65. The van der Waals surface area contributed by atoms with E-state index in [1.807, 2.05) is 6.26 Å². The van der Waals surface area contributed by atoms with Crippen molar-refractivity contribution in [3.8, 4) is 0 Å². The van der Waals surface area contributed by atoms with Crippen molar-refractivity contribution in [3.63, 3.8) is 0 Å². The lowest BCUT2D eigenvalue weighted by molar-refractivity contribution is -0.139. The van der Waals surface area contributed by atoms with Crippen LogP contribution in [0.15, 0.2) is 10.8 Å². The summed E-state index contributed by atoms with van der Waals surface area (Å²) < 4.78 is 5.28. The Kier molecular flexibility index (Phi) is 3.00. The van der Waals surface area contributed by atoms with E-state index in [4.69, 9.17) is 4.52 Å². The minimum absolute atomic E-state index is 0.133. The average Bonchev–Trinajstić information content (AvgIpc) is 3.06. The van der Waals surface area contributed by atoms with Gasteiger partial charge in [0, 0.05) is 5.56 Å². The van der Waals surface area contributed by atoms with Gasteiger partial charge in [-0.15, -0.1) is 0 Å². The van der Waals surface area contributed by atoms with Crippen LogP contribution < -0.4 is 0 Å². The Morgan fingerprint density at radius 3 is 2.71 bits per heavy atom. The Morgan fingerprint density at radius 1 is 1.08 bits per heavy atom. The summed E-state index contributed by atoms with van der Waals surface area (Å²) in [7, 11) is 0. The van der Waals surface area contributed by atoms with E-state index in [0.717, 1.165) is 37.0 Å². The summed E-state index contributed by atoms with van der Waals surface area (Å²) >= 11 is 0. The highest BCUT2D eigenvalue weighted by molar-refractivity contribution is 5.25. The fourth-order valence-corrected chi connectivity index (χ4v) is 7.63. The second-order valence-electron chi connectivity index (χ2n) is 10.1. The van der Waals surface area contributed by atoms with Gasteiger partial charge >= 0.3 is 0 Å². The number of nitrogens with zero attached hydrogens (tertiary/aromatic N) is 1. The molecule has 1 aromatic heterocycles. The van der Waals surface area contributed by atoms with Crippen LogP contribution in [0.2, 0.25) is 0 Å². The molecule has 0 aromatic carbocycles.